The molecule has 1 aliphatic heterocycles. The zero-order valence-corrected chi connectivity index (χ0v) is 12.4. The first-order valence-corrected chi connectivity index (χ1v) is 7.62. The third-order valence-electron chi connectivity index (χ3n) is 3.09. The average Bonchev–Trinajstić information content (AvgIpc) is 2.39. The molecule has 0 bridgehead atoms. The van der Waals surface area contributed by atoms with Crippen molar-refractivity contribution in [1.82, 2.24) is 20.0 Å². The van der Waals surface area contributed by atoms with Gasteiger partial charge in [0.25, 0.3) is 0 Å². The fraction of sp³-hybridized carbons (Fsp3) is 0.636. The molecular formula is C11H19ClN4O2S. The highest BCUT2D eigenvalue weighted by atomic mass is 35.5. The van der Waals surface area contributed by atoms with Crippen molar-refractivity contribution in [2.45, 2.75) is 31.1 Å². The molecule has 0 saturated carbocycles. The van der Waals surface area contributed by atoms with E-state index < -0.39 is 15.3 Å². The molecule has 0 aliphatic carbocycles. The van der Waals surface area contributed by atoms with Crippen molar-refractivity contribution < 1.29 is 8.42 Å². The lowest BCUT2D eigenvalue weighted by Crippen LogP contribution is -2.46. The van der Waals surface area contributed by atoms with Gasteiger partial charge in [-0.3, -0.25) is 9.97 Å². The molecule has 19 heavy (non-hydrogen) atoms. The van der Waals surface area contributed by atoms with Crippen LogP contribution in [-0.4, -0.2) is 37.5 Å². The molecule has 1 saturated heterocycles. The fourth-order valence-electron chi connectivity index (χ4n) is 1.97. The third-order valence-corrected chi connectivity index (χ3v) is 4.93. The van der Waals surface area contributed by atoms with Crippen molar-refractivity contribution in [3.63, 3.8) is 0 Å². The number of halogens is 1. The van der Waals surface area contributed by atoms with Crippen LogP contribution >= 0.6 is 12.4 Å². The van der Waals surface area contributed by atoms with Crippen molar-refractivity contribution in [1.29, 1.82) is 0 Å². The number of rotatable bonds is 4. The molecule has 0 amide bonds. The monoisotopic (exact) mass is 306 g/mol. The van der Waals surface area contributed by atoms with Crippen LogP contribution in [0.3, 0.4) is 0 Å². The third kappa shape index (κ3) is 4.38. The van der Waals surface area contributed by atoms with Gasteiger partial charge in [0.1, 0.15) is 5.25 Å². The summed E-state index contributed by atoms with van der Waals surface area (Å²) in [6.45, 7) is 3.27. The van der Waals surface area contributed by atoms with E-state index in [4.69, 9.17) is 0 Å². The minimum atomic E-state index is -3.41. The summed E-state index contributed by atoms with van der Waals surface area (Å²) in [5.74, 6) is 0. The maximum absolute atomic E-state index is 12.2. The Hall–Kier alpha value is -0.760. The second kappa shape index (κ2) is 7.14. The number of nitrogens with one attached hydrogen (secondary N) is 2. The number of piperidine rings is 1. The highest BCUT2D eigenvalue weighted by Crippen LogP contribution is 2.18. The summed E-state index contributed by atoms with van der Waals surface area (Å²) in [4.78, 5) is 7.94. The van der Waals surface area contributed by atoms with E-state index in [1.165, 1.54) is 18.6 Å². The Morgan fingerprint density at radius 1 is 1.47 bits per heavy atom. The summed E-state index contributed by atoms with van der Waals surface area (Å²) in [5, 5.41) is 2.49. The van der Waals surface area contributed by atoms with Crippen LogP contribution in [0.2, 0.25) is 0 Å². The maximum Gasteiger partial charge on any atom is 0.220 e. The molecular weight excluding hydrogens is 288 g/mol. The average molecular weight is 307 g/mol. The van der Waals surface area contributed by atoms with Crippen LogP contribution < -0.4 is 10.0 Å². The summed E-state index contributed by atoms with van der Waals surface area (Å²) in [5.41, 5.74) is 0.466. The zero-order valence-electron chi connectivity index (χ0n) is 10.7. The van der Waals surface area contributed by atoms with Gasteiger partial charge >= 0.3 is 0 Å². The van der Waals surface area contributed by atoms with E-state index in [2.05, 4.69) is 20.0 Å². The van der Waals surface area contributed by atoms with Gasteiger partial charge in [-0.2, -0.15) is 0 Å². The van der Waals surface area contributed by atoms with Gasteiger partial charge in [-0.25, -0.2) is 13.1 Å². The predicted molar refractivity (Wildman–Crippen MR) is 75.6 cm³/mol. The zero-order chi connectivity index (χ0) is 13.0. The van der Waals surface area contributed by atoms with Gasteiger partial charge in [-0.1, -0.05) is 0 Å². The smallest absolute Gasteiger partial charge is 0.220 e. The largest absolute Gasteiger partial charge is 0.315 e. The van der Waals surface area contributed by atoms with Crippen LogP contribution in [0.5, 0.6) is 0 Å². The number of hydrogen-bond donors (Lipinski definition) is 2. The Labute approximate surface area is 119 Å². The van der Waals surface area contributed by atoms with Crippen LogP contribution in [-0.2, 0) is 10.0 Å². The predicted octanol–water partition coefficient (Wildman–Crippen LogP) is 0.631. The lowest BCUT2D eigenvalue weighted by Gasteiger charge is -2.25. The van der Waals surface area contributed by atoms with E-state index in [0.717, 1.165) is 19.4 Å². The van der Waals surface area contributed by atoms with Gasteiger partial charge in [-0.05, 0) is 26.3 Å². The number of nitrogens with zero attached hydrogens (tertiary/aromatic N) is 2. The molecule has 108 valence electrons. The standard InChI is InChI=1S/C11H18N4O2S.ClH/c1-9(11-8-13-5-6-14-11)18(16,17)15-10-3-2-4-12-7-10;/h5-6,8-10,12,15H,2-4,7H2,1H3;1H. The summed E-state index contributed by atoms with van der Waals surface area (Å²) in [6, 6.07) is -0.0251. The molecule has 1 aliphatic rings. The normalized spacial score (nSPS) is 21.4. The highest BCUT2D eigenvalue weighted by Gasteiger charge is 2.27. The van der Waals surface area contributed by atoms with Gasteiger partial charge in [0, 0.05) is 31.2 Å². The van der Waals surface area contributed by atoms with Crippen LogP contribution in [0, 0.1) is 0 Å². The maximum atomic E-state index is 12.2. The van der Waals surface area contributed by atoms with Gasteiger partial charge in [0.2, 0.25) is 10.0 Å². The molecule has 8 heteroatoms. The molecule has 2 heterocycles. The first-order valence-electron chi connectivity index (χ1n) is 6.07. The Balaban J connectivity index is 0.00000180. The Morgan fingerprint density at radius 3 is 2.84 bits per heavy atom. The van der Waals surface area contributed by atoms with Gasteiger partial charge in [-0.15, -0.1) is 12.4 Å². The number of sulfonamides is 1. The van der Waals surface area contributed by atoms with E-state index >= 15 is 0 Å². The molecule has 1 aromatic rings. The van der Waals surface area contributed by atoms with Crippen LogP contribution in [0.15, 0.2) is 18.6 Å². The number of aromatic nitrogens is 2. The summed E-state index contributed by atoms with van der Waals surface area (Å²) in [7, 11) is -3.41. The van der Waals surface area contributed by atoms with Gasteiger partial charge in [0.15, 0.2) is 0 Å². The van der Waals surface area contributed by atoms with Crippen molar-refractivity contribution in [2.75, 3.05) is 13.1 Å². The molecule has 2 unspecified atom stereocenters. The van der Waals surface area contributed by atoms with Crippen LogP contribution in [0.1, 0.15) is 30.7 Å². The lowest BCUT2D eigenvalue weighted by atomic mass is 10.1. The minimum absolute atomic E-state index is 0. The van der Waals surface area contributed by atoms with E-state index in [1.807, 2.05) is 0 Å². The Bertz CT molecular complexity index is 477. The Kier molecular flexibility index (Phi) is 6.12. The van der Waals surface area contributed by atoms with E-state index in [0.29, 0.717) is 12.2 Å². The molecule has 1 aromatic heterocycles. The van der Waals surface area contributed by atoms with Crippen LogP contribution in [0.25, 0.3) is 0 Å². The topological polar surface area (TPSA) is 84.0 Å². The van der Waals surface area contributed by atoms with Gasteiger partial charge < -0.3 is 5.32 Å². The molecule has 0 spiro atoms. The van der Waals surface area contributed by atoms with Crippen molar-refractivity contribution in [3.8, 4) is 0 Å². The van der Waals surface area contributed by atoms with E-state index in [9.17, 15) is 8.42 Å². The quantitative estimate of drug-likeness (QED) is 0.852. The molecule has 2 atom stereocenters. The minimum Gasteiger partial charge on any atom is -0.315 e. The van der Waals surface area contributed by atoms with Crippen molar-refractivity contribution in [3.05, 3.63) is 24.3 Å². The molecule has 6 nitrogen and oxygen atoms in total. The molecule has 1 fully saturated rings. The van der Waals surface area contributed by atoms with E-state index in [1.54, 1.807) is 6.92 Å². The second-order valence-corrected chi connectivity index (χ2v) is 6.51. The number of hydrogen-bond acceptors (Lipinski definition) is 5. The molecule has 2 N–H and O–H groups in total. The van der Waals surface area contributed by atoms with Crippen molar-refractivity contribution in [2.24, 2.45) is 0 Å². The lowest BCUT2D eigenvalue weighted by molar-refractivity contribution is 0.427. The fourth-order valence-corrected chi connectivity index (χ4v) is 3.28. The first-order chi connectivity index (χ1) is 8.59. The first kappa shape index (κ1) is 16.3. The second-order valence-electron chi connectivity index (χ2n) is 4.48. The van der Waals surface area contributed by atoms with E-state index in [-0.39, 0.29) is 18.4 Å². The molecule has 0 radical (unpaired) electrons. The van der Waals surface area contributed by atoms with Gasteiger partial charge in [0.05, 0.1) is 5.69 Å². The summed E-state index contributed by atoms with van der Waals surface area (Å²) in [6.07, 6.45) is 6.39. The Morgan fingerprint density at radius 2 is 2.26 bits per heavy atom. The van der Waals surface area contributed by atoms with Crippen molar-refractivity contribution >= 4 is 22.4 Å². The SMILES string of the molecule is CC(c1cnccn1)S(=O)(=O)NC1CCCNC1.Cl. The molecule has 0 aromatic carbocycles. The summed E-state index contributed by atoms with van der Waals surface area (Å²) < 4.78 is 27.1. The summed E-state index contributed by atoms with van der Waals surface area (Å²) >= 11 is 0. The van der Waals surface area contributed by atoms with Crippen LogP contribution in [0.4, 0.5) is 0 Å². The highest BCUT2D eigenvalue weighted by molar-refractivity contribution is 7.89. The molecule has 2 rings (SSSR count).